The van der Waals surface area contributed by atoms with Crippen molar-refractivity contribution in [2.75, 3.05) is 0 Å². The summed E-state index contributed by atoms with van der Waals surface area (Å²) >= 11 is 0. The van der Waals surface area contributed by atoms with E-state index in [0.717, 1.165) is 6.07 Å². The minimum atomic E-state index is -4.50. The first kappa shape index (κ1) is 12.6. The van der Waals surface area contributed by atoms with Crippen LogP contribution in [0.25, 0.3) is 22.7 Å². The van der Waals surface area contributed by atoms with Crippen molar-refractivity contribution >= 4 is 11.2 Å². The fraction of sp³-hybridized carbons (Fsp3) is 0.0769. The molecule has 1 aromatic carbocycles. The number of pyridine rings is 1. The third-order valence-corrected chi connectivity index (χ3v) is 2.65. The van der Waals surface area contributed by atoms with Gasteiger partial charge in [0.2, 0.25) is 11.6 Å². The summed E-state index contributed by atoms with van der Waals surface area (Å²) in [5.74, 6) is -0.472. The highest BCUT2D eigenvalue weighted by Crippen LogP contribution is 2.31. The summed E-state index contributed by atoms with van der Waals surface area (Å²) in [5.41, 5.74) is -0.642. The van der Waals surface area contributed by atoms with Crippen molar-refractivity contribution < 1.29 is 22.0 Å². The van der Waals surface area contributed by atoms with E-state index in [1.54, 1.807) is 6.07 Å². The van der Waals surface area contributed by atoms with Gasteiger partial charge in [-0.1, -0.05) is 6.07 Å². The van der Waals surface area contributed by atoms with E-state index in [4.69, 9.17) is 4.42 Å². The van der Waals surface area contributed by atoms with Gasteiger partial charge < -0.3 is 4.42 Å². The molecule has 0 unspecified atom stereocenters. The first-order valence-electron chi connectivity index (χ1n) is 5.53. The quantitative estimate of drug-likeness (QED) is 0.632. The lowest BCUT2D eigenvalue weighted by Crippen LogP contribution is -2.04. The van der Waals surface area contributed by atoms with Gasteiger partial charge in [-0.25, -0.2) is 14.4 Å². The van der Waals surface area contributed by atoms with Gasteiger partial charge in [0.05, 0.1) is 5.56 Å². The largest absolute Gasteiger partial charge is 0.418 e. The molecule has 0 aliphatic heterocycles. The van der Waals surface area contributed by atoms with Crippen LogP contribution in [0.2, 0.25) is 0 Å². The molecule has 2 heterocycles. The number of halogens is 4. The van der Waals surface area contributed by atoms with E-state index < -0.39 is 17.6 Å². The Hall–Kier alpha value is -2.44. The van der Waals surface area contributed by atoms with Crippen LogP contribution in [0.15, 0.2) is 40.9 Å². The molecule has 0 saturated carbocycles. The second-order valence-corrected chi connectivity index (χ2v) is 4.08. The molecule has 0 aliphatic rings. The van der Waals surface area contributed by atoms with Crippen LogP contribution in [0, 0.1) is 5.82 Å². The molecule has 0 N–H and O–H groups in total. The van der Waals surface area contributed by atoms with Crippen molar-refractivity contribution in [2.24, 2.45) is 0 Å². The number of aromatic nitrogens is 2. The highest BCUT2D eigenvalue weighted by Gasteiger charge is 2.31. The van der Waals surface area contributed by atoms with Gasteiger partial charge in [0, 0.05) is 11.8 Å². The van der Waals surface area contributed by atoms with E-state index in [1.807, 2.05) is 0 Å². The molecule has 7 heteroatoms. The standard InChI is InChI=1S/C13H6F4N2O/c14-9-3-1-2-7(4-9)11-19-10-5-8(13(15,16)17)6-18-12(10)20-11/h1-6H. The van der Waals surface area contributed by atoms with Crippen LogP contribution in [-0.4, -0.2) is 9.97 Å². The number of fused-ring (bicyclic) bond motifs is 1. The Kier molecular flexibility index (Phi) is 2.70. The summed E-state index contributed by atoms with van der Waals surface area (Å²) in [5, 5.41) is 0. The lowest BCUT2D eigenvalue weighted by molar-refractivity contribution is -0.137. The normalized spacial score (nSPS) is 12.0. The van der Waals surface area contributed by atoms with Crippen molar-refractivity contribution in [2.45, 2.75) is 6.18 Å². The zero-order valence-electron chi connectivity index (χ0n) is 9.78. The fourth-order valence-electron chi connectivity index (χ4n) is 1.72. The molecule has 0 saturated heterocycles. The average Bonchev–Trinajstić information content (AvgIpc) is 2.80. The molecule has 0 aliphatic carbocycles. The smallest absolute Gasteiger partial charge is 0.417 e. The van der Waals surface area contributed by atoms with Crippen LogP contribution in [0.5, 0.6) is 0 Å². The fourth-order valence-corrected chi connectivity index (χ4v) is 1.72. The molecule has 0 bridgehead atoms. The van der Waals surface area contributed by atoms with E-state index in [1.165, 1.54) is 18.2 Å². The Bertz CT molecular complexity index is 779. The van der Waals surface area contributed by atoms with Crippen LogP contribution in [0.1, 0.15) is 5.56 Å². The summed E-state index contributed by atoms with van der Waals surface area (Å²) in [7, 11) is 0. The summed E-state index contributed by atoms with van der Waals surface area (Å²) in [6.07, 6.45) is -3.83. The molecule has 0 radical (unpaired) electrons. The molecule has 0 fully saturated rings. The van der Waals surface area contributed by atoms with Crippen molar-refractivity contribution in [3.63, 3.8) is 0 Å². The molecule has 3 rings (SSSR count). The average molecular weight is 282 g/mol. The maximum absolute atomic E-state index is 13.1. The van der Waals surface area contributed by atoms with E-state index >= 15 is 0 Å². The minimum absolute atomic E-state index is 0.0197. The second kappa shape index (κ2) is 4.29. The van der Waals surface area contributed by atoms with Gasteiger partial charge in [-0.15, -0.1) is 0 Å². The van der Waals surface area contributed by atoms with Crippen LogP contribution in [0.4, 0.5) is 17.6 Å². The van der Waals surface area contributed by atoms with Gasteiger partial charge >= 0.3 is 6.18 Å². The monoisotopic (exact) mass is 282 g/mol. The molecular weight excluding hydrogens is 276 g/mol. The lowest BCUT2D eigenvalue weighted by atomic mass is 10.2. The van der Waals surface area contributed by atoms with Crippen LogP contribution < -0.4 is 0 Å². The lowest BCUT2D eigenvalue weighted by Gasteiger charge is -2.03. The predicted molar refractivity (Wildman–Crippen MR) is 62.2 cm³/mol. The summed E-state index contributed by atoms with van der Waals surface area (Å²) < 4.78 is 56.0. The van der Waals surface area contributed by atoms with Gasteiger partial charge in [0.15, 0.2) is 0 Å². The Morgan fingerprint density at radius 3 is 2.60 bits per heavy atom. The summed E-state index contributed by atoms with van der Waals surface area (Å²) in [6, 6.07) is 6.25. The summed E-state index contributed by atoms with van der Waals surface area (Å²) in [4.78, 5) is 7.48. The number of hydrogen-bond acceptors (Lipinski definition) is 3. The third kappa shape index (κ3) is 2.22. The topological polar surface area (TPSA) is 38.9 Å². The highest BCUT2D eigenvalue weighted by atomic mass is 19.4. The summed E-state index contributed by atoms with van der Waals surface area (Å²) in [6.45, 7) is 0. The minimum Gasteiger partial charge on any atom is -0.418 e. The molecule has 0 amide bonds. The molecule has 0 atom stereocenters. The number of hydrogen-bond donors (Lipinski definition) is 0. The maximum Gasteiger partial charge on any atom is 0.417 e. The number of rotatable bonds is 1. The molecular formula is C13H6F4N2O. The van der Waals surface area contributed by atoms with Crippen molar-refractivity contribution in [3.8, 4) is 11.5 Å². The molecule has 2 aromatic heterocycles. The maximum atomic E-state index is 13.1. The number of nitrogens with zero attached hydrogens (tertiary/aromatic N) is 2. The predicted octanol–water partition coefficient (Wildman–Crippen LogP) is 4.05. The van der Waals surface area contributed by atoms with Crippen molar-refractivity contribution in [1.29, 1.82) is 0 Å². The van der Waals surface area contributed by atoms with E-state index in [9.17, 15) is 17.6 Å². The Morgan fingerprint density at radius 1 is 1.10 bits per heavy atom. The molecule has 0 spiro atoms. The zero-order chi connectivity index (χ0) is 14.3. The first-order valence-corrected chi connectivity index (χ1v) is 5.53. The van der Waals surface area contributed by atoms with Gasteiger partial charge in [-0.2, -0.15) is 13.2 Å². The molecule has 3 nitrogen and oxygen atoms in total. The highest BCUT2D eigenvalue weighted by molar-refractivity contribution is 5.73. The molecule has 20 heavy (non-hydrogen) atoms. The van der Waals surface area contributed by atoms with Crippen molar-refractivity contribution in [1.82, 2.24) is 9.97 Å². The molecule has 102 valence electrons. The Balaban J connectivity index is 2.11. The zero-order valence-corrected chi connectivity index (χ0v) is 9.78. The first-order chi connectivity index (χ1) is 9.43. The van der Waals surface area contributed by atoms with E-state index in [0.29, 0.717) is 11.8 Å². The third-order valence-electron chi connectivity index (χ3n) is 2.65. The van der Waals surface area contributed by atoms with Crippen LogP contribution in [-0.2, 0) is 6.18 Å². The SMILES string of the molecule is Fc1cccc(-c2nc3cc(C(F)(F)F)cnc3o2)c1. The Morgan fingerprint density at radius 2 is 1.90 bits per heavy atom. The molecule has 3 aromatic rings. The van der Waals surface area contributed by atoms with E-state index in [2.05, 4.69) is 9.97 Å². The Labute approximate surface area is 109 Å². The van der Waals surface area contributed by atoms with Crippen LogP contribution >= 0.6 is 0 Å². The number of alkyl halides is 3. The van der Waals surface area contributed by atoms with Crippen molar-refractivity contribution in [3.05, 3.63) is 47.9 Å². The van der Waals surface area contributed by atoms with Crippen LogP contribution in [0.3, 0.4) is 0 Å². The van der Waals surface area contributed by atoms with E-state index in [-0.39, 0.29) is 17.1 Å². The van der Waals surface area contributed by atoms with Gasteiger partial charge in [-0.05, 0) is 24.3 Å². The second-order valence-electron chi connectivity index (χ2n) is 4.08. The number of oxazole rings is 1. The van der Waals surface area contributed by atoms with Gasteiger partial charge in [-0.3, -0.25) is 0 Å². The van der Waals surface area contributed by atoms with Gasteiger partial charge in [0.1, 0.15) is 11.3 Å². The van der Waals surface area contributed by atoms with Gasteiger partial charge in [0.25, 0.3) is 0 Å². The number of benzene rings is 1.